The highest BCUT2D eigenvalue weighted by atomic mass is 32.1. The maximum Gasteiger partial charge on any atom is 0.183 e. The molecule has 0 aliphatic carbocycles. The summed E-state index contributed by atoms with van der Waals surface area (Å²) in [4.78, 5) is 4.14. The third kappa shape index (κ3) is 3.08. The quantitative estimate of drug-likeness (QED) is 0.434. The van der Waals surface area contributed by atoms with Crippen LogP contribution >= 0.6 is 11.3 Å². The minimum Gasteiger partial charge on any atom is -0.370 e. The topological polar surface area (TPSA) is 88.8 Å². The number of thiazole rings is 1. The molecule has 0 aliphatic heterocycles. The summed E-state index contributed by atoms with van der Waals surface area (Å²) >= 11 is 1.68. The fourth-order valence-corrected chi connectivity index (χ4v) is 1.48. The lowest BCUT2D eigenvalue weighted by molar-refractivity contribution is 1.39. The highest BCUT2D eigenvalue weighted by Gasteiger charge is 1.89. The van der Waals surface area contributed by atoms with Crippen LogP contribution < -0.4 is 11.5 Å². The van der Waals surface area contributed by atoms with Gasteiger partial charge in [-0.1, -0.05) is 12.1 Å². The molecule has 0 atom stereocenters. The second kappa shape index (κ2) is 4.42. The number of guanidine groups is 1. The predicted octanol–water partition coefficient (Wildman–Crippen LogP) is 1.13. The van der Waals surface area contributed by atoms with Crippen molar-refractivity contribution >= 4 is 27.5 Å². The smallest absolute Gasteiger partial charge is 0.183 e. The zero-order valence-corrected chi connectivity index (χ0v) is 7.71. The number of hydrogen-bond acceptors (Lipinski definition) is 3. The van der Waals surface area contributed by atoms with Crippen molar-refractivity contribution in [3.05, 3.63) is 29.8 Å². The molecule has 0 bridgehead atoms. The largest absolute Gasteiger partial charge is 0.370 e. The molecule has 4 nitrogen and oxygen atoms in total. The van der Waals surface area contributed by atoms with Crippen molar-refractivity contribution in [1.29, 1.82) is 5.41 Å². The van der Waals surface area contributed by atoms with Crippen LogP contribution in [0.2, 0.25) is 0 Å². The molecule has 1 aromatic heterocycles. The molecule has 0 saturated heterocycles. The summed E-state index contributed by atoms with van der Waals surface area (Å²) < 4.78 is 1.26. The molecule has 0 radical (unpaired) electrons. The minimum atomic E-state index is -0.333. The number of hydrogen-bond donors (Lipinski definition) is 3. The van der Waals surface area contributed by atoms with E-state index in [1.807, 2.05) is 23.7 Å². The van der Waals surface area contributed by atoms with Gasteiger partial charge < -0.3 is 11.5 Å². The van der Waals surface area contributed by atoms with Gasteiger partial charge in [-0.05, 0) is 12.1 Å². The first-order valence-electron chi connectivity index (χ1n) is 3.58. The van der Waals surface area contributed by atoms with Gasteiger partial charge >= 0.3 is 0 Å². The monoisotopic (exact) mass is 194 g/mol. The van der Waals surface area contributed by atoms with E-state index < -0.39 is 0 Å². The molecular weight excluding hydrogens is 184 g/mol. The van der Waals surface area contributed by atoms with Crippen LogP contribution in [-0.2, 0) is 0 Å². The Hall–Kier alpha value is -1.62. The Morgan fingerprint density at radius 1 is 1.31 bits per heavy atom. The molecule has 0 saturated carbocycles. The van der Waals surface area contributed by atoms with Gasteiger partial charge in [0, 0.05) is 0 Å². The number of nitrogens with one attached hydrogen (secondary N) is 1. The van der Waals surface area contributed by atoms with Gasteiger partial charge in [0.05, 0.1) is 15.7 Å². The summed E-state index contributed by atoms with van der Waals surface area (Å²) in [6, 6.07) is 8.13. The predicted molar refractivity (Wildman–Crippen MR) is 55.7 cm³/mol. The molecule has 5 N–H and O–H groups in total. The Bertz CT molecular complexity index is 361. The highest BCUT2D eigenvalue weighted by Crippen LogP contribution is 2.15. The number of rotatable bonds is 0. The van der Waals surface area contributed by atoms with E-state index >= 15 is 0 Å². The van der Waals surface area contributed by atoms with E-state index in [0.717, 1.165) is 5.52 Å². The lowest BCUT2D eigenvalue weighted by atomic mass is 10.3. The number of benzene rings is 1. The average molecular weight is 194 g/mol. The summed E-state index contributed by atoms with van der Waals surface area (Å²) in [5.74, 6) is -0.333. The van der Waals surface area contributed by atoms with Gasteiger partial charge in [0.1, 0.15) is 0 Å². The van der Waals surface area contributed by atoms with Crippen LogP contribution in [0.5, 0.6) is 0 Å². The van der Waals surface area contributed by atoms with Crippen LogP contribution in [0.4, 0.5) is 0 Å². The maximum absolute atomic E-state index is 6.06. The van der Waals surface area contributed by atoms with Gasteiger partial charge in [0.2, 0.25) is 0 Å². The lowest BCUT2D eigenvalue weighted by Crippen LogP contribution is -2.20. The molecule has 2 aromatic rings. The van der Waals surface area contributed by atoms with Crippen LogP contribution in [0.15, 0.2) is 29.8 Å². The third-order valence-electron chi connectivity index (χ3n) is 1.24. The number of nitrogens with two attached hydrogens (primary N) is 2. The van der Waals surface area contributed by atoms with Gasteiger partial charge in [0.25, 0.3) is 0 Å². The highest BCUT2D eigenvalue weighted by molar-refractivity contribution is 7.16. The summed E-state index contributed by atoms with van der Waals surface area (Å²) in [6.07, 6.45) is 0. The Kier molecular flexibility index (Phi) is 3.22. The van der Waals surface area contributed by atoms with E-state index in [9.17, 15) is 0 Å². The van der Waals surface area contributed by atoms with E-state index in [2.05, 4.69) is 22.5 Å². The van der Waals surface area contributed by atoms with Crippen LogP contribution in [0, 0.1) is 5.41 Å². The zero-order chi connectivity index (χ0) is 9.68. The summed E-state index contributed by atoms with van der Waals surface area (Å²) in [5, 5.41) is 6.06. The van der Waals surface area contributed by atoms with Crippen molar-refractivity contribution in [3.63, 3.8) is 0 Å². The SMILES string of the molecule is N=C(N)N.c1ccc2scnc2c1. The molecule has 1 aromatic carbocycles. The van der Waals surface area contributed by atoms with Crippen LogP contribution in [-0.4, -0.2) is 10.9 Å². The molecule has 0 aliphatic rings. The van der Waals surface area contributed by atoms with E-state index in [4.69, 9.17) is 5.41 Å². The lowest BCUT2D eigenvalue weighted by Gasteiger charge is -1.80. The molecule has 13 heavy (non-hydrogen) atoms. The van der Waals surface area contributed by atoms with Crippen molar-refractivity contribution in [3.8, 4) is 0 Å². The van der Waals surface area contributed by atoms with E-state index in [-0.39, 0.29) is 5.96 Å². The van der Waals surface area contributed by atoms with Gasteiger partial charge in [-0.3, -0.25) is 5.41 Å². The standard InChI is InChI=1S/C7H5NS.CH5N3/c1-2-4-7-6(3-1)8-5-9-7;2-1(3)4/h1-5H;(H5,2,3,4). The van der Waals surface area contributed by atoms with E-state index in [1.165, 1.54) is 4.70 Å². The second-order valence-electron chi connectivity index (χ2n) is 2.28. The van der Waals surface area contributed by atoms with Crippen molar-refractivity contribution in [2.45, 2.75) is 0 Å². The molecule has 1 heterocycles. The molecule has 0 unspecified atom stereocenters. The molecule has 68 valence electrons. The summed E-state index contributed by atoms with van der Waals surface area (Å²) in [6.45, 7) is 0. The van der Waals surface area contributed by atoms with E-state index in [0.29, 0.717) is 0 Å². The number of nitrogens with zero attached hydrogens (tertiary/aromatic N) is 1. The Morgan fingerprint density at radius 2 is 1.92 bits per heavy atom. The van der Waals surface area contributed by atoms with Gasteiger partial charge in [-0.15, -0.1) is 11.3 Å². The molecule has 0 spiro atoms. The molecule has 2 rings (SSSR count). The fourth-order valence-electron chi connectivity index (χ4n) is 0.803. The third-order valence-corrected chi connectivity index (χ3v) is 2.05. The Balaban J connectivity index is 0.000000184. The summed E-state index contributed by atoms with van der Waals surface area (Å²) in [7, 11) is 0. The number of para-hydroxylation sites is 1. The average Bonchev–Trinajstić information content (AvgIpc) is 2.49. The van der Waals surface area contributed by atoms with Crippen molar-refractivity contribution in [2.24, 2.45) is 11.5 Å². The van der Waals surface area contributed by atoms with Crippen LogP contribution in [0.3, 0.4) is 0 Å². The first-order chi connectivity index (χ1) is 6.20. The van der Waals surface area contributed by atoms with Gasteiger partial charge in [0.15, 0.2) is 5.96 Å². The Labute approximate surface area is 79.7 Å². The maximum atomic E-state index is 6.06. The van der Waals surface area contributed by atoms with Crippen molar-refractivity contribution in [1.82, 2.24) is 4.98 Å². The van der Waals surface area contributed by atoms with E-state index in [1.54, 1.807) is 11.3 Å². The number of aromatic nitrogens is 1. The van der Waals surface area contributed by atoms with Crippen LogP contribution in [0.25, 0.3) is 10.2 Å². The molecule has 0 fully saturated rings. The van der Waals surface area contributed by atoms with Crippen LogP contribution in [0.1, 0.15) is 0 Å². The van der Waals surface area contributed by atoms with Crippen molar-refractivity contribution < 1.29 is 0 Å². The Morgan fingerprint density at radius 3 is 2.54 bits per heavy atom. The normalized spacial score (nSPS) is 8.92. The first-order valence-corrected chi connectivity index (χ1v) is 4.46. The first kappa shape index (κ1) is 9.47. The van der Waals surface area contributed by atoms with Crippen molar-refractivity contribution in [2.75, 3.05) is 0 Å². The zero-order valence-electron chi connectivity index (χ0n) is 6.90. The van der Waals surface area contributed by atoms with Gasteiger partial charge in [-0.25, -0.2) is 4.98 Å². The second-order valence-corrected chi connectivity index (χ2v) is 3.16. The summed E-state index contributed by atoms with van der Waals surface area (Å²) in [5.41, 5.74) is 11.9. The molecule has 5 heteroatoms. The fraction of sp³-hybridized carbons (Fsp3) is 0. The minimum absolute atomic E-state index is 0.333. The molecule has 0 amide bonds. The molecular formula is C8H10N4S. The van der Waals surface area contributed by atoms with Gasteiger partial charge in [-0.2, -0.15) is 0 Å². The number of fused-ring (bicyclic) bond motifs is 1.